The minimum atomic E-state index is -3.11. The Morgan fingerprint density at radius 3 is 1.45 bits per heavy atom. The Morgan fingerprint density at radius 1 is 0.724 bits per heavy atom. The fraction of sp³-hybridized carbons (Fsp3) is 0.190. The monoisotopic (exact) mass is 1030 g/mol. The van der Waals surface area contributed by atoms with Crippen LogP contribution in [-0.2, 0) is 31.4 Å². The van der Waals surface area contributed by atoms with Gasteiger partial charge in [0, 0.05) is 5.56 Å². The second kappa shape index (κ2) is 39.3. The molecule has 0 saturated carbocycles. The fourth-order valence-electron chi connectivity index (χ4n) is 2.67. The van der Waals surface area contributed by atoms with Crippen LogP contribution in [0.25, 0.3) is 5.57 Å². The molecular weight excluding hydrogens is 1000 g/mol. The van der Waals surface area contributed by atoms with E-state index in [1.54, 1.807) is 33.8 Å². The van der Waals surface area contributed by atoms with E-state index in [1.807, 2.05) is 6.07 Å². The van der Waals surface area contributed by atoms with Crippen molar-refractivity contribution in [2.45, 2.75) is 41.0 Å². The molecule has 0 atom stereocenters. The van der Waals surface area contributed by atoms with Gasteiger partial charge >= 0.3 is 61.5 Å². The molecule has 304 valence electrons. The summed E-state index contributed by atoms with van der Waals surface area (Å²) >= 11 is 2.93. The van der Waals surface area contributed by atoms with Gasteiger partial charge in [-0.1, -0.05) is 12.0 Å². The molecule has 0 fully saturated rings. The number of carbonyl (C=O) groups excluding carboxylic acids is 3. The van der Waals surface area contributed by atoms with Gasteiger partial charge < -0.3 is 9.47 Å². The number of ether oxygens (including phenoxy) is 2. The zero-order valence-electron chi connectivity index (χ0n) is 31.7. The number of carbonyl (C=O) groups is 3. The van der Waals surface area contributed by atoms with Gasteiger partial charge in [0.2, 0.25) is 0 Å². The Bertz CT molecular complexity index is 2070. The number of nitriles is 2. The summed E-state index contributed by atoms with van der Waals surface area (Å²) in [5, 5.41) is 16.9. The molecular formula is C42H33Br2Cl4F2N2O5Ti-3. The van der Waals surface area contributed by atoms with E-state index in [9.17, 15) is 23.2 Å². The Hall–Kier alpha value is -4.57. The van der Waals surface area contributed by atoms with Crippen molar-refractivity contribution in [3.8, 4) is 83.2 Å². The second-order valence-electron chi connectivity index (χ2n) is 9.00. The molecule has 7 nitrogen and oxygen atoms in total. The molecule has 0 heterocycles. The quantitative estimate of drug-likeness (QED) is 0.0538. The topological polar surface area (TPSA) is 117 Å². The molecule has 0 saturated heterocycles. The average Bonchev–Trinajstić information content (AvgIpc) is 3.15. The second-order valence-corrected chi connectivity index (χ2v) is 26.2. The molecule has 0 aliphatic carbocycles. The normalized spacial score (nSPS) is 8.47. The van der Waals surface area contributed by atoms with Crippen LogP contribution in [0.5, 0.6) is 0 Å². The summed E-state index contributed by atoms with van der Waals surface area (Å²) in [4.78, 5) is 32.5. The van der Waals surface area contributed by atoms with Crippen molar-refractivity contribution >= 4 is 92.4 Å². The third-order valence-corrected chi connectivity index (χ3v) is 6.15. The number of allylic oxidation sites excluding steroid dienone is 1. The number of ketones is 1. The summed E-state index contributed by atoms with van der Waals surface area (Å²) in [5.41, 5.74) is 1.48. The van der Waals surface area contributed by atoms with Gasteiger partial charge in [-0.15, -0.1) is 17.8 Å². The Kier molecular flexibility index (Phi) is 40.7. The van der Waals surface area contributed by atoms with Crippen LogP contribution >= 0.6 is 69.1 Å². The van der Waals surface area contributed by atoms with E-state index in [0.717, 1.165) is 0 Å². The molecule has 0 radical (unpaired) electrons. The van der Waals surface area contributed by atoms with Crippen LogP contribution in [0, 0.1) is 126 Å². The van der Waals surface area contributed by atoms with Gasteiger partial charge in [-0.3, -0.25) is 27.4 Å². The molecule has 0 N–H and O–H groups in total. The van der Waals surface area contributed by atoms with E-state index in [-0.39, 0.29) is 34.7 Å². The molecule has 0 aliphatic heterocycles. The molecule has 0 aromatic heterocycles. The van der Waals surface area contributed by atoms with Gasteiger partial charge in [0.15, 0.2) is 5.78 Å². The summed E-state index contributed by atoms with van der Waals surface area (Å²) in [6.45, 7) is 18.5. The molecule has 0 bridgehead atoms. The Labute approximate surface area is 376 Å². The predicted molar refractivity (Wildman–Crippen MR) is 232 cm³/mol. The molecule has 0 unspecified atom stereocenters. The zero-order chi connectivity index (χ0) is 45.5. The van der Waals surface area contributed by atoms with Gasteiger partial charge in [0.05, 0.1) is 28.2 Å². The van der Waals surface area contributed by atoms with Gasteiger partial charge in [-0.05, 0) is 120 Å². The number of hydrogen-bond acceptors (Lipinski definition) is 7. The van der Waals surface area contributed by atoms with Crippen LogP contribution in [0.4, 0.5) is 8.78 Å². The van der Waals surface area contributed by atoms with E-state index >= 15 is 0 Å². The summed E-state index contributed by atoms with van der Waals surface area (Å²) in [7, 11) is 20.1. The van der Waals surface area contributed by atoms with E-state index in [0.29, 0.717) is 27.8 Å². The first-order valence-corrected chi connectivity index (χ1v) is 25.6. The van der Waals surface area contributed by atoms with Crippen LogP contribution < -0.4 is 0 Å². The number of hydrogen-bond donors (Lipinski definition) is 0. The maximum absolute atomic E-state index is 13.1. The molecule has 2 aromatic carbocycles. The van der Waals surface area contributed by atoms with Crippen LogP contribution in [0.2, 0.25) is 0 Å². The average molecular weight is 1030 g/mol. The molecule has 2 aromatic rings. The SMILES string of the molecule is CC(=O)c1ccc(F)c(Br)c1.CCOC(=O)/C(C#N)=C(\C)c1ccc(F)c(Br)c1.CCOC(=O)CC#N.[CH2-]C#CC#CC#CC.[CH2-]C#CC#CC#C[CH2-].[Cl][Ti]([Cl])([Cl])[Cl]. The first-order valence-electron chi connectivity index (χ1n) is 15.5. The van der Waals surface area contributed by atoms with E-state index in [1.165, 1.54) is 43.3 Å². The third-order valence-electron chi connectivity index (χ3n) is 4.94. The van der Waals surface area contributed by atoms with Gasteiger partial charge in [0.25, 0.3) is 0 Å². The maximum atomic E-state index is 13.1. The van der Waals surface area contributed by atoms with Crippen LogP contribution in [0.3, 0.4) is 0 Å². The van der Waals surface area contributed by atoms with Crippen LogP contribution in [0.1, 0.15) is 57.0 Å². The standard InChI is InChI=1S/C13H11BrFNO2.C8H6BrFO.C8H5.C8H4.C5H7NO2.4ClH.Ti/c1-3-18-13(17)10(7-16)8(2)9-4-5-12(15)11(14)6-9;1-5(11)6-2-3-8(10)7(9)4-6;2*1-3-5-7-8-6-4-2;1-2-8-5(7)3-4-6;;;;;/h4-6H,3H2,1-2H3;2-4H,1H3;1H2,2H3;1-2H2;2-3H2,1H3;4*1H;/q;;-1;-2;;;;;;+4/p-4/b10-8+;;;;;;;;;. The molecule has 2 rings (SSSR count). The fourth-order valence-corrected chi connectivity index (χ4v) is 3.43. The van der Waals surface area contributed by atoms with Gasteiger partial charge in [-0.2, -0.15) is 31.3 Å². The summed E-state index contributed by atoms with van der Waals surface area (Å²) in [6.07, 6.45) is -0.145. The summed E-state index contributed by atoms with van der Waals surface area (Å²) < 4.78 is 35.5. The van der Waals surface area contributed by atoms with Crippen molar-refractivity contribution in [3.63, 3.8) is 0 Å². The van der Waals surface area contributed by atoms with Gasteiger partial charge in [0.1, 0.15) is 29.7 Å². The number of rotatable bonds is 6. The first kappa shape index (κ1) is 60.1. The molecule has 0 amide bonds. The van der Waals surface area contributed by atoms with Crippen molar-refractivity contribution in [2.24, 2.45) is 0 Å². The van der Waals surface area contributed by atoms with Crippen LogP contribution in [-0.4, -0.2) is 30.9 Å². The third kappa shape index (κ3) is 38.3. The zero-order valence-corrected chi connectivity index (χ0v) is 39.4. The number of nitrogens with zero attached hydrogens (tertiary/aromatic N) is 2. The molecule has 0 spiro atoms. The Morgan fingerprint density at radius 2 is 1.12 bits per heavy atom. The van der Waals surface area contributed by atoms with Crippen molar-refractivity contribution in [2.75, 3.05) is 13.2 Å². The number of Topliss-reactive ketones (excluding diaryl/α,β-unsaturated/α-hetero) is 1. The van der Waals surface area contributed by atoms with Crippen molar-refractivity contribution in [3.05, 3.63) is 94.4 Å². The van der Waals surface area contributed by atoms with E-state index in [4.69, 9.17) is 52.5 Å². The molecule has 16 heteroatoms. The number of esters is 2. The van der Waals surface area contributed by atoms with Gasteiger partial charge in [-0.25, -0.2) is 31.3 Å². The van der Waals surface area contributed by atoms with Crippen molar-refractivity contribution in [1.82, 2.24) is 0 Å². The minimum absolute atomic E-state index is 0.0642. The number of halogens is 8. The van der Waals surface area contributed by atoms with Crippen LogP contribution in [0.15, 0.2) is 50.9 Å². The number of benzene rings is 2. The summed E-state index contributed by atoms with van der Waals surface area (Å²) in [6, 6.07) is 12.0. The predicted octanol–water partition coefficient (Wildman–Crippen LogP) is 11.0. The Balaban J connectivity index is -0.000000318. The van der Waals surface area contributed by atoms with Crippen molar-refractivity contribution < 1.29 is 45.0 Å². The molecule has 58 heavy (non-hydrogen) atoms. The van der Waals surface area contributed by atoms with E-state index in [2.05, 4.69) is 128 Å². The first-order chi connectivity index (χ1) is 27.3. The van der Waals surface area contributed by atoms with E-state index < -0.39 is 30.1 Å². The van der Waals surface area contributed by atoms with Crippen molar-refractivity contribution in [1.29, 1.82) is 10.5 Å². The summed E-state index contributed by atoms with van der Waals surface area (Å²) in [5.74, 6) is 27.6. The molecule has 0 aliphatic rings.